The number of aliphatic carboxylic acids is 1. The molecule has 2 N–H and O–H groups in total. The van der Waals surface area contributed by atoms with Gasteiger partial charge in [0.2, 0.25) is 0 Å². The summed E-state index contributed by atoms with van der Waals surface area (Å²) in [7, 11) is 0. The maximum absolute atomic E-state index is 12.8. The van der Waals surface area contributed by atoms with Gasteiger partial charge in [0, 0.05) is 12.6 Å². The Morgan fingerprint density at radius 3 is 2.56 bits per heavy atom. The van der Waals surface area contributed by atoms with Crippen molar-refractivity contribution in [2.24, 2.45) is 5.92 Å². The van der Waals surface area contributed by atoms with Crippen LogP contribution in [0, 0.1) is 11.7 Å². The van der Waals surface area contributed by atoms with E-state index in [4.69, 9.17) is 5.11 Å². The molecule has 1 aromatic rings. The van der Waals surface area contributed by atoms with E-state index in [0.717, 1.165) is 18.4 Å². The molecule has 1 saturated carbocycles. The van der Waals surface area contributed by atoms with Crippen LogP contribution in [0.3, 0.4) is 0 Å². The molecular weight excluding hydrogens is 233 g/mol. The first-order valence-corrected chi connectivity index (χ1v) is 6.35. The molecule has 1 fully saturated rings. The molecular formula is C14H18FNO2. The fraction of sp³-hybridized carbons (Fsp3) is 0.500. The molecule has 3 nitrogen and oxygen atoms in total. The van der Waals surface area contributed by atoms with E-state index in [1.54, 1.807) is 12.1 Å². The van der Waals surface area contributed by atoms with Crippen LogP contribution in [0.15, 0.2) is 24.3 Å². The molecule has 0 spiro atoms. The van der Waals surface area contributed by atoms with Gasteiger partial charge in [-0.05, 0) is 36.5 Å². The van der Waals surface area contributed by atoms with Gasteiger partial charge < -0.3 is 10.4 Å². The van der Waals surface area contributed by atoms with Crippen LogP contribution >= 0.6 is 0 Å². The van der Waals surface area contributed by atoms with E-state index in [1.165, 1.54) is 18.6 Å². The van der Waals surface area contributed by atoms with Gasteiger partial charge in [0.25, 0.3) is 0 Å². The second-order valence-electron chi connectivity index (χ2n) is 4.90. The van der Waals surface area contributed by atoms with Crippen LogP contribution in [-0.2, 0) is 11.3 Å². The molecule has 1 unspecified atom stereocenters. The Hall–Kier alpha value is -1.42. The van der Waals surface area contributed by atoms with Crippen molar-refractivity contribution in [3.8, 4) is 0 Å². The van der Waals surface area contributed by atoms with Gasteiger partial charge >= 0.3 is 5.97 Å². The molecule has 0 aliphatic heterocycles. The average Bonchev–Trinajstić information content (AvgIpc) is 2.25. The summed E-state index contributed by atoms with van der Waals surface area (Å²) in [4.78, 5) is 10.8. The number of carboxylic acids is 1. The number of halogens is 1. The Bertz CT molecular complexity index is 401. The van der Waals surface area contributed by atoms with Gasteiger partial charge in [0.1, 0.15) is 5.82 Å². The molecule has 0 amide bonds. The van der Waals surface area contributed by atoms with Gasteiger partial charge in [-0.2, -0.15) is 0 Å². The minimum absolute atomic E-state index is 0.0290. The molecule has 0 heterocycles. The Kier molecular flexibility index (Phi) is 4.31. The van der Waals surface area contributed by atoms with Crippen molar-refractivity contribution < 1.29 is 14.3 Å². The highest BCUT2D eigenvalue weighted by Gasteiger charge is 2.28. The molecule has 1 atom stereocenters. The molecule has 18 heavy (non-hydrogen) atoms. The van der Waals surface area contributed by atoms with E-state index in [2.05, 4.69) is 5.32 Å². The Labute approximate surface area is 106 Å². The summed E-state index contributed by atoms with van der Waals surface area (Å²) in [5.74, 6) is -0.542. The van der Waals surface area contributed by atoms with Gasteiger partial charge in [-0.3, -0.25) is 4.79 Å². The molecule has 1 aliphatic carbocycles. The van der Waals surface area contributed by atoms with Crippen molar-refractivity contribution in [3.05, 3.63) is 35.6 Å². The van der Waals surface area contributed by atoms with E-state index in [1.807, 2.05) is 0 Å². The molecule has 2 rings (SSSR count). The second-order valence-corrected chi connectivity index (χ2v) is 4.90. The molecule has 4 heteroatoms. The van der Waals surface area contributed by atoms with Crippen LogP contribution in [0.25, 0.3) is 0 Å². The van der Waals surface area contributed by atoms with Crippen molar-refractivity contribution in [3.63, 3.8) is 0 Å². The predicted octanol–water partition coefficient (Wildman–Crippen LogP) is 2.56. The number of nitrogens with one attached hydrogen (secondary N) is 1. The van der Waals surface area contributed by atoms with Crippen molar-refractivity contribution >= 4 is 5.97 Å². The fourth-order valence-corrected chi connectivity index (χ4v) is 2.29. The average molecular weight is 251 g/mol. The first-order valence-electron chi connectivity index (χ1n) is 6.35. The summed E-state index contributed by atoms with van der Waals surface area (Å²) >= 11 is 0. The fourth-order valence-electron chi connectivity index (χ4n) is 2.29. The normalized spacial score (nSPS) is 17.2. The maximum Gasteiger partial charge on any atom is 0.304 e. The third-order valence-electron chi connectivity index (χ3n) is 3.60. The first-order chi connectivity index (χ1) is 8.65. The molecule has 98 valence electrons. The van der Waals surface area contributed by atoms with Gasteiger partial charge in [-0.25, -0.2) is 4.39 Å². The zero-order chi connectivity index (χ0) is 13.0. The molecule has 0 radical (unpaired) electrons. The lowest BCUT2D eigenvalue weighted by molar-refractivity contribution is -0.138. The molecule has 1 aromatic carbocycles. The van der Waals surface area contributed by atoms with Crippen LogP contribution in [0.4, 0.5) is 4.39 Å². The van der Waals surface area contributed by atoms with Gasteiger partial charge in [0.15, 0.2) is 0 Å². The predicted molar refractivity (Wildman–Crippen MR) is 66.6 cm³/mol. The number of hydrogen-bond acceptors (Lipinski definition) is 2. The molecule has 0 saturated heterocycles. The van der Waals surface area contributed by atoms with Gasteiger partial charge in [0.05, 0.1) is 6.42 Å². The first kappa shape index (κ1) is 13.0. The van der Waals surface area contributed by atoms with Crippen molar-refractivity contribution in [1.29, 1.82) is 0 Å². The van der Waals surface area contributed by atoms with Crippen molar-refractivity contribution in [2.45, 2.75) is 38.3 Å². The monoisotopic (exact) mass is 251 g/mol. The van der Waals surface area contributed by atoms with Gasteiger partial charge in [-0.15, -0.1) is 0 Å². The van der Waals surface area contributed by atoms with Crippen LogP contribution in [-0.4, -0.2) is 17.1 Å². The number of carbonyl (C=O) groups is 1. The highest BCUT2D eigenvalue weighted by Crippen LogP contribution is 2.31. The lowest BCUT2D eigenvalue weighted by Gasteiger charge is -2.33. The zero-order valence-corrected chi connectivity index (χ0v) is 10.2. The topological polar surface area (TPSA) is 49.3 Å². The third-order valence-corrected chi connectivity index (χ3v) is 3.60. The SMILES string of the molecule is O=C(O)CC(NCc1ccc(F)cc1)C1CCC1. The largest absolute Gasteiger partial charge is 0.481 e. The summed E-state index contributed by atoms with van der Waals surface area (Å²) in [6.45, 7) is 0.592. The minimum Gasteiger partial charge on any atom is -0.481 e. The smallest absolute Gasteiger partial charge is 0.304 e. The Morgan fingerprint density at radius 1 is 1.39 bits per heavy atom. The summed E-state index contributed by atoms with van der Waals surface area (Å²) in [5, 5.41) is 12.2. The van der Waals surface area contributed by atoms with E-state index in [0.29, 0.717) is 12.5 Å². The summed E-state index contributed by atoms with van der Waals surface area (Å²) in [5.41, 5.74) is 0.978. The minimum atomic E-state index is -0.765. The molecule has 0 bridgehead atoms. The van der Waals surface area contributed by atoms with Crippen LogP contribution < -0.4 is 5.32 Å². The number of carboxylic acid groups (broad SMARTS) is 1. The lowest BCUT2D eigenvalue weighted by atomic mass is 9.78. The molecule has 1 aliphatic rings. The number of rotatable bonds is 6. The van der Waals surface area contributed by atoms with Crippen LogP contribution in [0.2, 0.25) is 0 Å². The summed E-state index contributed by atoms with van der Waals surface area (Å²) in [6.07, 6.45) is 3.56. The summed E-state index contributed by atoms with van der Waals surface area (Å²) < 4.78 is 12.8. The standard InChI is InChI=1S/C14H18FNO2/c15-12-6-4-10(5-7-12)9-16-13(8-14(17)18)11-2-1-3-11/h4-7,11,13,16H,1-3,8-9H2,(H,17,18). The quantitative estimate of drug-likeness (QED) is 0.817. The van der Waals surface area contributed by atoms with E-state index in [9.17, 15) is 9.18 Å². The van der Waals surface area contributed by atoms with E-state index >= 15 is 0 Å². The third kappa shape index (κ3) is 3.53. The number of benzene rings is 1. The van der Waals surface area contributed by atoms with Crippen molar-refractivity contribution in [2.75, 3.05) is 0 Å². The Morgan fingerprint density at radius 2 is 2.06 bits per heavy atom. The Balaban J connectivity index is 1.88. The second kappa shape index (κ2) is 5.96. The van der Waals surface area contributed by atoms with Crippen LogP contribution in [0.5, 0.6) is 0 Å². The van der Waals surface area contributed by atoms with Gasteiger partial charge in [-0.1, -0.05) is 18.6 Å². The summed E-state index contributed by atoms with van der Waals surface area (Å²) in [6, 6.07) is 6.32. The van der Waals surface area contributed by atoms with Crippen LogP contribution in [0.1, 0.15) is 31.2 Å². The highest BCUT2D eigenvalue weighted by atomic mass is 19.1. The lowest BCUT2D eigenvalue weighted by Crippen LogP contribution is -2.40. The zero-order valence-electron chi connectivity index (χ0n) is 10.2. The highest BCUT2D eigenvalue weighted by molar-refractivity contribution is 5.67. The maximum atomic E-state index is 12.8. The number of hydrogen-bond donors (Lipinski definition) is 2. The van der Waals surface area contributed by atoms with Crippen molar-refractivity contribution in [1.82, 2.24) is 5.32 Å². The molecule has 0 aromatic heterocycles. The van der Waals surface area contributed by atoms with E-state index in [-0.39, 0.29) is 18.3 Å². The van der Waals surface area contributed by atoms with E-state index < -0.39 is 5.97 Å².